The Balaban J connectivity index is 1.62. The summed E-state index contributed by atoms with van der Waals surface area (Å²) in [5.74, 6) is 0.322. The Hall–Kier alpha value is -2.48. The predicted molar refractivity (Wildman–Crippen MR) is 80.3 cm³/mol. The molecule has 1 aliphatic carbocycles. The number of likely N-dealkylation sites (tertiary alicyclic amines) is 1. The van der Waals surface area contributed by atoms with E-state index in [9.17, 15) is 14.7 Å². The lowest BCUT2D eigenvalue weighted by Gasteiger charge is -2.15. The molecule has 8 nitrogen and oxygen atoms in total. The van der Waals surface area contributed by atoms with E-state index in [1.807, 2.05) is 0 Å². The summed E-state index contributed by atoms with van der Waals surface area (Å²) < 4.78 is 1.52. The fourth-order valence-corrected chi connectivity index (χ4v) is 3.24. The number of nitrogens with one attached hydrogen (secondary N) is 1. The van der Waals surface area contributed by atoms with Crippen molar-refractivity contribution in [2.75, 3.05) is 13.1 Å². The summed E-state index contributed by atoms with van der Waals surface area (Å²) in [7, 11) is 0. The van der Waals surface area contributed by atoms with Crippen LogP contribution in [0.15, 0.2) is 23.1 Å². The van der Waals surface area contributed by atoms with Crippen molar-refractivity contribution in [1.29, 1.82) is 0 Å². The molecule has 2 aliphatic rings. The number of rotatable bonds is 2. The second-order valence-corrected chi connectivity index (χ2v) is 6.40. The molecule has 2 N–H and O–H groups in total. The number of hydrogen-bond donors (Lipinski definition) is 2. The van der Waals surface area contributed by atoms with Gasteiger partial charge in [0.25, 0.3) is 11.5 Å². The van der Waals surface area contributed by atoms with Gasteiger partial charge in [0.1, 0.15) is 0 Å². The molecule has 8 heteroatoms. The summed E-state index contributed by atoms with van der Waals surface area (Å²) in [6.07, 6.45) is 3.05. The molecule has 1 atom stereocenters. The molecular weight excluding hydrogens is 298 g/mol. The summed E-state index contributed by atoms with van der Waals surface area (Å²) in [4.78, 5) is 25.5. The first-order valence-electron chi connectivity index (χ1n) is 7.58. The average molecular weight is 315 g/mol. The van der Waals surface area contributed by atoms with Gasteiger partial charge in [0.05, 0.1) is 23.6 Å². The average Bonchev–Trinajstić information content (AvgIpc) is 3.11. The van der Waals surface area contributed by atoms with Gasteiger partial charge in [-0.25, -0.2) is 9.78 Å². The highest BCUT2D eigenvalue weighted by Crippen LogP contribution is 2.52. The maximum Gasteiger partial charge on any atom is 0.264 e. The van der Waals surface area contributed by atoms with Crippen molar-refractivity contribution in [3.63, 3.8) is 0 Å². The number of nitrogens with zero attached hydrogens (tertiary/aromatic N) is 4. The van der Waals surface area contributed by atoms with Crippen molar-refractivity contribution in [2.45, 2.75) is 25.9 Å². The van der Waals surface area contributed by atoms with E-state index in [4.69, 9.17) is 0 Å². The number of hydrogen-bond acceptors (Lipinski definition) is 5. The van der Waals surface area contributed by atoms with Crippen LogP contribution < -0.4 is 5.56 Å². The molecule has 1 saturated carbocycles. The number of amides is 1. The van der Waals surface area contributed by atoms with E-state index >= 15 is 0 Å². The Labute approximate surface area is 131 Å². The van der Waals surface area contributed by atoms with Crippen LogP contribution in [0.1, 0.15) is 28.9 Å². The normalized spacial score (nSPS) is 21.8. The van der Waals surface area contributed by atoms with Crippen LogP contribution in [-0.2, 0) is 0 Å². The highest BCUT2D eigenvalue weighted by Gasteiger charge is 2.55. The molecule has 0 radical (unpaired) electrons. The standard InChI is InChI=1S/C15H17N5O3/c1-9-10(6-16-20(9)12-2-3-13(22)18-17-12)14(23)19-7-11(21)15(8-19)4-5-15/h2-3,6,11,21H,4-5,7-8H2,1H3,(H,18,22). The fourth-order valence-electron chi connectivity index (χ4n) is 3.24. The quantitative estimate of drug-likeness (QED) is 0.803. The molecule has 0 bridgehead atoms. The van der Waals surface area contributed by atoms with Crippen LogP contribution in [-0.4, -0.2) is 55.1 Å². The van der Waals surface area contributed by atoms with E-state index in [2.05, 4.69) is 15.3 Å². The second-order valence-electron chi connectivity index (χ2n) is 6.40. The van der Waals surface area contributed by atoms with Gasteiger partial charge < -0.3 is 10.0 Å². The van der Waals surface area contributed by atoms with Crippen LogP contribution in [0.3, 0.4) is 0 Å². The van der Waals surface area contributed by atoms with Crippen molar-refractivity contribution in [1.82, 2.24) is 24.9 Å². The van der Waals surface area contributed by atoms with E-state index in [-0.39, 0.29) is 16.9 Å². The van der Waals surface area contributed by atoms with Gasteiger partial charge in [-0.2, -0.15) is 10.2 Å². The first-order chi connectivity index (χ1) is 11.0. The molecule has 1 saturated heterocycles. The molecule has 2 aromatic rings. The summed E-state index contributed by atoms with van der Waals surface area (Å²) in [5, 5.41) is 20.6. The third-order valence-electron chi connectivity index (χ3n) is 4.91. The van der Waals surface area contributed by atoms with Gasteiger partial charge in [-0.3, -0.25) is 9.59 Å². The molecule has 0 aromatic carbocycles. The predicted octanol–water partition coefficient (Wildman–Crippen LogP) is -0.139. The Morgan fingerprint density at radius 3 is 2.83 bits per heavy atom. The summed E-state index contributed by atoms with van der Waals surface area (Å²) >= 11 is 0. The van der Waals surface area contributed by atoms with Crippen LogP contribution in [0.4, 0.5) is 0 Å². The Kier molecular flexibility index (Phi) is 2.92. The minimum Gasteiger partial charge on any atom is -0.391 e. The lowest BCUT2D eigenvalue weighted by atomic mass is 10.0. The second kappa shape index (κ2) is 4.76. The molecule has 1 aliphatic heterocycles. The highest BCUT2D eigenvalue weighted by atomic mass is 16.3. The number of aliphatic hydroxyl groups excluding tert-OH is 1. The molecule has 1 amide bonds. The minimum atomic E-state index is -0.428. The third-order valence-corrected chi connectivity index (χ3v) is 4.91. The summed E-state index contributed by atoms with van der Waals surface area (Å²) in [5.41, 5.74) is 0.777. The zero-order valence-electron chi connectivity index (χ0n) is 12.7. The van der Waals surface area contributed by atoms with Gasteiger partial charge in [0, 0.05) is 24.6 Å². The molecule has 23 heavy (non-hydrogen) atoms. The molecule has 120 valence electrons. The smallest absolute Gasteiger partial charge is 0.264 e. The molecule has 4 rings (SSSR count). The van der Waals surface area contributed by atoms with Crippen LogP contribution in [0.5, 0.6) is 0 Å². The van der Waals surface area contributed by atoms with Crippen molar-refractivity contribution >= 4 is 5.91 Å². The zero-order valence-corrected chi connectivity index (χ0v) is 12.7. The van der Waals surface area contributed by atoms with Gasteiger partial charge >= 0.3 is 0 Å². The fraction of sp³-hybridized carbons (Fsp3) is 0.467. The first kappa shape index (κ1) is 14.1. The van der Waals surface area contributed by atoms with E-state index in [1.54, 1.807) is 17.9 Å². The third kappa shape index (κ3) is 2.17. The SMILES string of the molecule is Cc1c(C(=O)N2CC(O)C3(CC3)C2)cnn1-c1ccc(=O)[nH]n1. The summed E-state index contributed by atoms with van der Waals surface area (Å²) in [6, 6.07) is 2.91. The molecule has 2 aromatic heterocycles. The number of aromatic nitrogens is 4. The maximum absolute atomic E-state index is 12.7. The monoisotopic (exact) mass is 315 g/mol. The number of aromatic amines is 1. The van der Waals surface area contributed by atoms with Crippen molar-refractivity contribution in [3.8, 4) is 5.82 Å². The summed E-state index contributed by atoms with van der Waals surface area (Å²) in [6.45, 7) is 2.77. The molecule has 3 heterocycles. The molecular formula is C15H17N5O3. The lowest BCUT2D eigenvalue weighted by molar-refractivity contribution is 0.0763. The Morgan fingerprint density at radius 1 is 1.43 bits per heavy atom. The number of β-amino-alcohol motifs (C(OH)–C–C–N with tert-alkyl or cyclic N) is 1. The van der Waals surface area contributed by atoms with Crippen molar-refractivity contribution in [3.05, 3.63) is 39.9 Å². The maximum atomic E-state index is 12.7. The van der Waals surface area contributed by atoms with Crippen LogP contribution in [0, 0.1) is 12.3 Å². The molecule has 1 unspecified atom stereocenters. The molecule has 1 spiro atoms. The van der Waals surface area contributed by atoms with Gasteiger partial charge in [-0.15, -0.1) is 0 Å². The van der Waals surface area contributed by atoms with Gasteiger partial charge in [-0.1, -0.05) is 0 Å². The Morgan fingerprint density at radius 2 is 2.22 bits per heavy atom. The van der Waals surface area contributed by atoms with Gasteiger partial charge in [0.2, 0.25) is 0 Å². The van der Waals surface area contributed by atoms with E-state index < -0.39 is 6.10 Å². The minimum absolute atomic E-state index is 0.0694. The highest BCUT2D eigenvalue weighted by molar-refractivity contribution is 5.95. The van der Waals surface area contributed by atoms with E-state index in [1.165, 1.54) is 16.9 Å². The first-order valence-corrected chi connectivity index (χ1v) is 7.58. The zero-order chi connectivity index (χ0) is 16.2. The van der Waals surface area contributed by atoms with Crippen molar-refractivity contribution in [2.24, 2.45) is 5.41 Å². The van der Waals surface area contributed by atoms with Crippen LogP contribution >= 0.6 is 0 Å². The topological polar surface area (TPSA) is 104 Å². The van der Waals surface area contributed by atoms with E-state index in [0.29, 0.717) is 30.2 Å². The van der Waals surface area contributed by atoms with Crippen LogP contribution in [0.2, 0.25) is 0 Å². The van der Waals surface area contributed by atoms with E-state index in [0.717, 1.165) is 12.8 Å². The number of carbonyl (C=O) groups excluding carboxylic acids is 1. The number of H-pyrrole nitrogens is 1. The Bertz CT molecular complexity index is 815. The van der Waals surface area contributed by atoms with Crippen LogP contribution in [0.25, 0.3) is 5.82 Å². The number of carbonyl (C=O) groups is 1. The lowest BCUT2D eigenvalue weighted by Crippen LogP contribution is -2.30. The largest absolute Gasteiger partial charge is 0.391 e. The molecule has 2 fully saturated rings. The van der Waals surface area contributed by atoms with Crippen molar-refractivity contribution < 1.29 is 9.90 Å². The number of aliphatic hydroxyl groups is 1. The van der Waals surface area contributed by atoms with Gasteiger partial charge in [-0.05, 0) is 25.8 Å². The van der Waals surface area contributed by atoms with Gasteiger partial charge in [0.15, 0.2) is 5.82 Å².